The maximum Gasteiger partial charge on any atom is 0.192 e. The molecule has 0 aromatic carbocycles. The second kappa shape index (κ2) is 2.79. The molecule has 0 radical (unpaired) electrons. The summed E-state index contributed by atoms with van der Waals surface area (Å²) in [4.78, 5) is 4.25. The van der Waals surface area contributed by atoms with Crippen LogP contribution in [0.15, 0.2) is 10.2 Å². The lowest BCUT2D eigenvalue weighted by Crippen LogP contribution is -2.20. The summed E-state index contributed by atoms with van der Waals surface area (Å²) in [5.41, 5.74) is 0.762. The lowest BCUT2D eigenvalue weighted by atomic mass is 10.2. The topological polar surface area (TPSA) is 37.6 Å². The van der Waals surface area contributed by atoms with Crippen LogP contribution >= 0.6 is 11.3 Å². The minimum absolute atomic E-state index is 0.356. The number of rotatable bonds is 0. The van der Waals surface area contributed by atoms with Crippen molar-refractivity contribution in [3.63, 3.8) is 0 Å². The molecule has 2 heterocycles. The molecule has 0 amide bonds. The number of hydrogen-bond donors (Lipinski definition) is 0. The van der Waals surface area contributed by atoms with Gasteiger partial charge in [0, 0.05) is 12.1 Å². The molecule has 0 fully saturated rings. The van der Waals surface area contributed by atoms with Gasteiger partial charge in [0.15, 0.2) is 5.49 Å². The van der Waals surface area contributed by atoms with Crippen LogP contribution in [-0.2, 0) is 0 Å². The Balaban J connectivity index is 2.74. The van der Waals surface area contributed by atoms with Gasteiger partial charge in [-0.1, -0.05) is 13.0 Å². The van der Waals surface area contributed by atoms with Gasteiger partial charge in [-0.3, -0.25) is 0 Å². The zero-order valence-corrected chi connectivity index (χ0v) is 7.80. The molecule has 0 bridgehead atoms. The summed E-state index contributed by atoms with van der Waals surface area (Å²) in [6, 6.07) is 0. The van der Waals surface area contributed by atoms with Gasteiger partial charge in [0.25, 0.3) is 0 Å². The van der Waals surface area contributed by atoms with Crippen molar-refractivity contribution < 1.29 is 0 Å². The Bertz CT molecular complexity index is 430. The molecule has 62 valence electrons. The van der Waals surface area contributed by atoms with Crippen LogP contribution in [0.25, 0.3) is 6.08 Å². The molecule has 1 atom stereocenters. The molecular formula is C8H9N3S. The zero-order chi connectivity index (χ0) is 8.55. The summed E-state index contributed by atoms with van der Waals surface area (Å²) < 4.78 is 1.14. The Hall–Kier alpha value is -1.03. The average Bonchev–Trinajstić information content (AvgIpc) is 2.23. The van der Waals surface area contributed by atoms with Crippen molar-refractivity contribution in [3.8, 4) is 0 Å². The van der Waals surface area contributed by atoms with E-state index in [-0.39, 0.29) is 0 Å². The van der Waals surface area contributed by atoms with Gasteiger partial charge in [-0.25, -0.2) is 4.98 Å². The SMILES string of the molecule is Cc1nc2c(s1)=CC(C)C=NN=2. The summed E-state index contributed by atoms with van der Waals surface area (Å²) in [6.45, 7) is 4.07. The van der Waals surface area contributed by atoms with Crippen molar-refractivity contribution >= 4 is 23.6 Å². The van der Waals surface area contributed by atoms with Crippen LogP contribution in [0.1, 0.15) is 11.9 Å². The molecule has 1 aromatic rings. The molecule has 0 N–H and O–H groups in total. The van der Waals surface area contributed by atoms with E-state index in [1.807, 2.05) is 13.1 Å². The van der Waals surface area contributed by atoms with Crippen molar-refractivity contribution in [2.24, 2.45) is 16.1 Å². The first-order chi connectivity index (χ1) is 5.75. The van der Waals surface area contributed by atoms with Crippen LogP contribution in [-0.4, -0.2) is 11.2 Å². The summed E-state index contributed by atoms with van der Waals surface area (Å²) in [5, 5.41) is 8.96. The first-order valence-corrected chi connectivity index (χ1v) is 4.64. The number of aryl methyl sites for hydroxylation is 1. The minimum atomic E-state index is 0.356. The number of hydrogen-bond acceptors (Lipinski definition) is 4. The molecule has 3 nitrogen and oxygen atoms in total. The van der Waals surface area contributed by atoms with E-state index >= 15 is 0 Å². The minimum Gasteiger partial charge on any atom is -0.220 e. The third-order valence-electron chi connectivity index (χ3n) is 1.61. The van der Waals surface area contributed by atoms with Crippen molar-refractivity contribution in [1.82, 2.24) is 4.98 Å². The molecule has 0 saturated carbocycles. The largest absolute Gasteiger partial charge is 0.220 e. The maximum atomic E-state index is 4.25. The van der Waals surface area contributed by atoms with Crippen LogP contribution in [0, 0.1) is 12.8 Å². The lowest BCUT2D eigenvalue weighted by molar-refractivity contribution is 1.04. The Kier molecular flexibility index (Phi) is 1.77. The highest BCUT2D eigenvalue weighted by atomic mass is 32.1. The summed E-state index contributed by atoms with van der Waals surface area (Å²) in [7, 11) is 0. The quantitative estimate of drug-likeness (QED) is 0.571. The van der Waals surface area contributed by atoms with Crippen LogP contribution in [0.4, 0.5) is 0 Å². The summed E-state index contributed by atoms with van der Waals surface area (Å²) in [6.07, 6.45) is 3.96. The Morgan fingerprint density at radius 1 is 1.50 bits per heavy atom. The number of aromatic nitrogens is 1. The highest BCUT2D eigenvalue weighted by Crippen LogP contribution is 1.97. The molecular weight excluding hydrogens is 170 g/mol. The highest BCUT2D eigenvalue weighted by molar-refractivity contribution is 7.09. The molecule has 1 unspecified atom stereocenters. The van der Waals surface area contributed by atoms with Crippen LogP contribution in [0.5, 0.6) is 0 Å². The number of fused-ring (bicyclic) bond motifs is 1. The maximum absolute atomic E-state index is 4.25. The van der Waals surface area contributed by atoms with Crippen LogP contribution < -0.4 is 10.0 Å². The highest BCUT2D eigenvalue weighted by Gasteiger charge is 2.01. The van der Waals surface area contributed by atoms with E-state index in [0.29, 0.717) is 5.92 Å². The van der Waals surface area contributed by atoms with E-state index in [4.69, 9.17) is 0 Å². The molecule has 4 heteroatoms. The monoisotopic (exact) mass is 179 g/mol. The number of nitrogens with zero attached hydrogens (tertiary/aromatic N) is 3. The van der Waals surface area contributed by atoms with Gasteiger partial charge in [-0.15, -0.1) is 16.4 Å². The van der Waals surface area contributed by atoms with E-state index in [9.17, 15) is 0 Å². The van der Waals surface area contributed by atoms with E-state index in [2.05, 4.69) is 28.2 Å². The fourth-order valence-corrected chi connectivity index (χ4v) is 2.00. The molecule has 1 aromatic heterocycles. The molecule has 2 rings (SSSR count). The first-order valence-electron chi connectivity index (χ1n) is 3.82. The van der Waals surface area contributed by atoms with Gasteiger partial charge in [0.05, 0.1) is 9.54 Å². The summed E-state index contributed by atoms with van der Waals surface area (Å²) >= 11 is 1.67. The average molecular weight is 179 g/mol. The van der Waals surface area contributed by atoms with E-state index in [1.165, 1.54) is 0 Å². The third kappa shape index (κ3) is 1.30. The molecule has 1 aliphatic heterocycles. The smallest absolute Gasteiger partial charge is 0.192 e. The zero-order valence-electron chi connectivity index (χ0n) is 6.98. The Morgan fingerprint density at radius 3 is 3.17 bits per heavy atom. The third-order valence-corrected chi connectivity index (χ3v) is 2.54. The van der Waals surface area contributed by atoms with Gasteiger partial charge in [-0.2, -0.15) is 5.10 Å². The van der Waals surface area contributed by atoms with Crippen molar-refractivity contribution in [2.75, 3.05) is 0 Å². The second-order valence-corrected chi connectivity index (χ2v) is 4.05. The standard InChI is InChI=1S/C8H9N3S/c1-5-3-7-8(11-9-4-5)10-6(2)12-7/h3-5H,1-2H3. The van der Waals surface area contributed by atoms with Crippen LogP contribution in [0.2, 0.25) is 0 Å². The second-order valence-electron chi connectivity index (χ2n) is 2.81. The van der Waals surface area contributed by atoms with Crippen LogP contribution in [0.3, 0.4) is 0 Å². The normalized spacial score (nSPS) is 20.7. The summed E-state index contributed by atoms with van der Waals surface area (Å²) in [5.74, 6) is 0.356. The van der Waals surface area contributed by atoms with E-state index in [1.54, 1.807) is 11.3 Å². The van der Waals surface area contributed by atoms with E-state index in [0.717, 1.165) is 15.0 Å². The Morgan fingerprint density at radius 2 is 2.33 bits per heavy atom. The molecule has 0 spiro atoms. The van der Waals surface area contributed by atoms with Gasteiger partial charge < -0.3 is 0 Å². The molecule has 0 aliphatic carbocycles. The molecule has 1 aliphatic rings. The fraction of sp³-hybridized carbons (Fsp3) is 0.375. The molecule has 12 heavy (non-hydrogen) atoms. The predicted molar refractivity (Wildman–Crippen MR) is 49.8 cm³/mol. The van der Waals surface area contributed by atoms with Gasteiger partial charge in [-0.05, 0) is 6.92 Å². The van der Waals surface area contributed by atoms with Crippen molar-refractivity contribution in [2.45, 2.75) is 13.8 Å². The first kappa shape index (κ1) is 7.61. The lowest BCUT2D eigenvalue weighted by Gasteiger charge is -1.89. The van der Waals surface area contributed by atoms with Gasteiger partial charge >= 0.3 is 0 Å². The van der Waals surface area contributed by atoms with Gasteiger partial charge in [0.2, 0.25) is 0 Å². The molecule has 0 saturated heterocycles. The van der Waals surface area contributed by atoms with Gasteiger partial charge in [0.1, 0.15) is 0 Å². The Labute approximate surface area is 74.2 Å². The fourth-order valence-electron chi connectivity index (χ4n) is 1.09. The van der Waals surface area contributed by atoms with Crippen molar-refractivity contribution in [1.29, 1.82) is 0 Å². The predicted octanol–water partition coefficient (Wildman–Crippen LogP) is 0.487. The number of thiazole rings is 1. The van der Waals surface area contributed by atoms with Crippen molar-refractivity contribution in [3.05, 3.63) is 15.0 Å². The van der Waals surface area contributed by atoms with E-state index < -0.39 is 0 Å².